The van der Waals surface area contributed by atoms with Gasteiger partial charge in [0, 0.05) is 11.1 Å². The van der Waals surface area contributed by atoms with E-state index >= 15 is 0 Å². The van der Waals surface area contributed by atoms with Gasteiger partial charge in [0.2, 0.25) is 0 Å². The second-order valence-electron chi connectivity index (χ2n) is 4.23. The summed E-state index contributed by atoms with van der Waals surface area (Å²) in [6, 6.07) is 4.00. The molecule has 3 nitrogen and oxygen atoms in total. The maximum Gasteiger partial charge on any atom is 0.298 e. The van der Waals surface area contributed by atoms with Crippen LogP contribution in [0, 0.1) is 0 Å². The first-order valence-electron chi connectivity index (χ1n) is 5.73. The molecule has 0 spiro atoms. The minimum atomic E-state index is -4.08. The summed E-state index contributed by atoms with van der Waals surface area (Å²) in [5, 5.41) is 0.363. The molecule has 0 saturated carbocycles. The van der Waals surface area contributed by atoms with Gasteiger partial charge in [-0.25, -0.2) is 0 Å². The Labute approximate surface area is 163 Å². The van der Waals surface area contributed by atoms with E-state index in [1.807, 2.05) is 0 Å². The molecule has 0 heterocycles. The van der Waals surface area contributed by atoms with E-state index < -0.39 is 10.1 Å². The summed E-state index contributed by atoms with van der Waals surface area (Å²) in [4.78, 5) is -0.350. The zero-order chi connectivity index (χ0) is 17.5. The van der Waals surface area contributed by atoms with Crippen molar-refractivity contribution in [1.29, 1.82) is 0 Å². The van der Waals surface area contributed by atoms with E-state index in [0.717, 1.165) is 13.2 Å². The highest BCUT2D eigenvalue weighted by atomic mass is 35.5. The van der Waals surface area contributed by atoms with Gasteiger partial charge in [-0.3, -0.25) is 4.18 Å². The van der Waals surface area contributed by atoms with Crippen LogP contribution in [0.25, 0.3) is 11.1 Å². The first-order chi connectivity index (χ1) is 10.6. The molecule has 124 valence electrons. The third-order valence-corrected chi connectivity index (χ3v) is 6.50. The number of halogens is 6. The smallest absolute Gasteiger partial charge is 0.270 e. The molecule has 0 fully saturated rings. The molecule has 0 unspecified atom stereocenters. The van der Waals surface area contributed by atoms with Gasteiger partial charge in [-0.15, -0.1) is 0 Å². The fourth-order valence-electron chi connectivity index (χ4n) is 1.81. The fraction of sp³-hybridized carbons (Fsp3) is 0.0769. The summed E-state index contributed by atoms with van der Waals surface area (Å²) in [6.07, 6.45) is 0. The highest BCUT2D eigenvalue weighted by molar-refractivity contribution is 7.86. The van der Waals surface area contributed by atoms with Gasteiger partial charge in [-0.05, 0) is 18.2 Å². The molecule has 0 amide bonds. The van der Waals surface area contributed by atoms with Crippen LogP contribution in [0.5, 0.6) is 0 Å². The fourth-order valence-corrected chi connectivity index (χ4v) is 4.42. The van der Waals surface area contributed by atoms with Crippen LogP contribution in [0.1, 0.15) is 0 Å². The average molecular weight is 455 g/mol. The van der Waals surface area contributed by atoms with Crippen molar-refractivity contribution in [2.24, 2.45) is 0 Å². The van der Waals surface area contributed by atoms with Gasteiger partial charge >= 0.3 is 0 Å². The van der Waals surface area contributed by atoms with E-state index in [4.69, 9.17) is 69.6 Å². The van der Waals surface area contributed by atoms with Gasteiger partial charge in [-0.2, -0.15) is 8.42 Å². The van der Waals surface area contributed by atoms with Gasteiger partial charge in [0.1, 0.15) is 4.90 Å². The Balaban J connectivity index is 2.82. The van der Waals surface area contributed by atoms with Crippen LogP contribution in [0.2, 0.25) is 30.1 Å². The molecular formula is C13H6Cl6O3S. The van der Waals surface area contributed by atoms with Crippen molar-refractivity contribution in [3.63, 3.8) is 0 Å². The molecule has 10 heteroatoms. The van der Waals surface area contributed by atoms with E-state index in [2.05, 4.69) is 4.18 Å². The molecule has 2 rings (SSSR count). The van der Waals surface area contributed by atoms with Gasteiger partial charge < -0.3 is 0 Å². The summed E-state index contributed by atoms with van der Waals surface area (Å²) < 4.78 is 28.1. The topological polar surface area (TPSA) is 43.4 Å². The molecule has 0 aliphatic rings. The average Bonchev–Trinajstić information content (AvgIpc) is 2.48. The van der Waals surface area contributed by atoms with Crippen molar-refractivity contribution in [3.05, 3.63) is 48.3 Å². The van der Waals surface area contributed by atoms with E-state index in [1.165, 1.54) is 12.1 Å². The molecule has 0 saturated heterocycles. The molecule has 0 bridgehead atoms. The lowest BCUT2D eigenvalue weighted by Crippen LogP contribution is -2.04. The Bertz CT molecular complexity index is 895. The maximum absolute atomic E-state index is 11.9. The molecule has 0 aromatic heterocycles. The highest BCUT2D eigenvalue weighted by Gasteiger charge is 2.25. The number of hydrogen-bond acceptors (Lipinski definition) is 3. The Morgan fingerprint density at radius 1 is 0.783 bits per heavy atom. The van der Waals surface area contributed by atoms with Crippen molar-refractivity contribution in [3.8, 4) is 11.1 Å². The summed E-state index contributed by atoms with van der Waals surface area (Å²) in [7, 11) is -3.08. The van der Waals surface area contributed by atoms with Crippen molar-refractivity contribution in [2.75, 3.05) is 7.11 Å². The Morgan fingerprint density at radius 3 is 1.91 bits per heavy atom. The molecule has 0 aliphatic heterocycles. The quantitative estimate of drug-likeness (QED) is 0.387. The first kappa shape index (κ1) is 19.4. The number of rotatable bonds is 3. The van der Waals surface area contributed by atoms with Crippen LogP contribution < -0.4 is 0 Å². The summed E-state index contributed by atoms with van der Waals surface area (Å²) in [5.74, 6) is 0. The third kappa shape index (κ3) is 3.70. The summed E-state index contributed by atoms with van der Waals surface area (Å²) in [6.45, 7) is 0. The van der Waals surface area contributed by atoms with Crippen LogP contribution >= 0.6 is 69.6 Å². The minimum absolute atomic E-state index is 0.00955. The molecule has 0 N–H and O–H groups in total. The van der Waals surface area contributed by atoms with Gasteiger partial charge in [0.15, 0.2) is 0 Å². The van der Waals surface area contributed by atoms with Crippen LogP contribution in [0.3, 0.4) is 0 Å². The Kier molecular flexibility index (Phi) is 6.03. The normalized spacial score (nSPS) is 11.8. The maximum atomic E-state index is 11.9. The van der Waals surface area contributed by atoms with Gasteiger partial charge in [0.25, 0.3) is 10.1 Å². The van der Waals surface area contributed by atoms with Crippen LogP contribution in [0.4, 0.5) is 0 Å². The highest BCUT2D eigenvalue weighted by Crippen LogP contribution is 2.46. The second-order valence-corrected chi connectivity index (χ2v) is 8.29. The summed E-state index contributed by atoms with van der Waals surface area (Å²) >= 11 is 36.4. The molecule has 0 atom stereocenters. The molecule has 2 aromatic rings. The lowest BCUT2D eigenvalue weighted by molar-refractivity contribution is 0.398. The molecule has 0 radical (unpaired) electrons. The van der Waals surface area contributed by atoms with Crippen molar-refractivity contribution >= 4 is 79.7 Å². The van der Waals surface area contributed by atoms with E-state index in [-0.39, 0.29) is 40.6 Å². The SMILES string of the molecule is COS(=O)(=O)c1cc(Cl)c(-c2cc(Cl)c(Cl)cc2Cl)c(Cl)c1Cl. The van der Waals surface area contributed by atoms with Gasteiger partial charge in [0.05, 0.1) is 37.2 Å². The Morgan fingerprint density at radius 2 is 1.35 bits per heavy atom. The molecule has 2 aromatic carbocycles. The number of hydrogen-bond donors (Lipinski definition) is 0. The minimum Gasteiger partial charge on any atom is -0.270 e. The monoisotopic (exact) mass is 452 g/mol. The van der Waals surface area contributed by atoms with Crippen molar-refractivity contribution in [1.82, 2.24) is 0 Å². The first-order valence-corrected chi connectivity index (χ1v) is 9.40. The van der Waals surface area contributed by atoms with Crippen LogP contribution in [-0.4, -0.2) is 15.5 Å². The summed E-state index contributed by atoms with van der Waals surface area (Å²) in [5.41, 5.74) is 0.594. The molecular weight excluding hydrogens is 449 g/mol. The molecule has 0 aliphatic carbocycles. The van der Waals surface area contributed by atoms with Gasteiger partial charge in [-0.1, -0.05) is 69.6 Å². The van der Waals surface area contributed by atoms with E-state index in [1.54, 1.807) is 0 Å². The zero-order valence-electron chi connectivity index (χ0n) is 11.1. The zero-order valence-corrected chi connectivity index (χ0v) is 16.5. The van der Waals surface area contributed by atoms with Crippen molar-refractivity contribution in [2.45, 2.75) is 4.90 Å². The Hall–Kier alpha value is 0.0900. The predicted molar refractivity (Wildman–Crippen MR) is 96.1 cm³/mol. The number of benzene rings is 2. The lowest BCUT2D eigenvalue weighted by Gasteiger charge is -2.14. The largest absolute Gasteiger partial charge is 0.298 e. The van der Waals surface area contributed by atoms with E-state index in [0.29, 0.717) is 5.56 Å². The second kappa shape index (κ2) is 7.14. The lowest BCUT2D eigenvalue weighted by atomic mass is 10.1. The van der Waals surface area contributed by atoms with Crippen LogP contribution in [-0.2, 0) is 14.3 Å². The predicted octanol–water partition coefficient (Wildman–Crippen LogP) is 6.61. The standard InChI is InChI=1S/C13H6Cl6O3S/c1-22-23(20,21)10-4-9(17)11(13(19)12(10)18)5-2-7(15)8(16)3-6(5)14/h2-4H,1H3. The van der Waals surface area contributed by atoms with E-state index in [9.17, 15) is 8.42 Å². The molecule has 23 heavy (non-hydrogen) atoms. The van der Waals surface area contributed by atoms with Crippen LogP contribution in [0.15, 0.2) is 23.1 Å². The third-order valence-electron chi connectivity index (χ3n) is 2.89. The van der Waals surface area contributed by atoms with Crippen molar-refractivity contribution < 1.29 is 12.6 Å².